The summed E-state index contributed by atoms with van der Waals surface area (Å²) >= 11 is 1.62. The molecule has 0 fully saturated rings. The Morgan fingerprint density at radius 2 is 2.06 bits per heavy atom. The van der Waals surface area contributed by atoms with Crippen LogP contribution in [0.3, 0.4) is 0 Å². The summed E-state index contributed by atoms with van der Waals surface area (Å²) in [5.41, 5.74) is 5.37. The van der Waals surface area contributed by atoms with Crippen LogP contribution in [0.4, 0.5) is 0 Å². The minimum Gasteiger partial charge on any atom is -0.375 e. The molecule has 9 heteroatoms. The van der Waals surface area contributed by atoms with Gasteiger partial charge in [0.1, 0.15) is 11.1 Å². The van der Waals surface area contributed by atoms with Crippen molar-refractivity contribution >= 4 is 41.3 Å². The molecule has 3 rings (SSSR count). The number of hydrogen-bond donors (Lipinski definition) is 1. The minimum atomic E-state index is 0. The molecule has 0 spiro atoms. The molecule has 0 saturated heterocycles. The van der Waals surface area contributed by atoms with E-state index in [-0.39, 0.29) is 30.1 Å². The maximum absolute atomic E-state index is 5.36. The third kappa shape index (κ3) is 6.27. The van der Waals surface area contributed by atoms with Crippen LogP contribution in [0.1, 0.15) is 40.7 Å². The fraction of sp³-hybridized carbons (Fsp3) is 0.409. The lowest BCUT2D eigenvalue weighted by atomic mass is 10.1. The minimum absolute atomic E-state index is 0. The third-order valence-corrected chi connectivity index (χ3v) is 5.96. The Kier molecular flexibility index (Phi) is 9.45. The molecule has 1 atom stereocenters. The summed E-state index contributed by atoms with van der Waals surface area (Å²) in [6.45, 7) is 7.41. The number of para-hydroxylation sites is 1. The highest BCUT2D eigenvalue weighted by Crippen LogP contribution is 2.21. The van der Waals surface area contributed by atoms with Crippen molar-refractivity contribution in [3.05, 3.63) is 63.4 Å². The number of rotatable bonds is 7. The SMILES string of the molecule is CN=C(NCc1ccccc1-n1nc(C)cc1C)N(C)Cc1csc(C(C)OC)n1.I. The number of guanidine groups is 1. The van der Waals surface area contributed by atoms with E-state index in [0.717, 1.165) is 39.3 Å². The lowest BCUT2D eigenvalue weighted by Gasteiger charge is -2.22. The topological polar surface area (TPSA) is 67.6 Å². The Labute approximate surface area is 205 Å². The zero-order valence-corrected chi connectivity index (χ0v) is 22.1. The fourth-order valence-electron chi connectivity index (χ4n) is 3.30. The Hall–Kier alpha value is -1.98. The molecule has 2 aromatic heterocycles. The van der Waals surface area contributed by atoms with Gasteiger partial charge in [-0.05, 0) is 38.5 Å². The van der Waals surface area contributed by atoms with Crippen molar-refractivity contribution in [2.45, 2.75) is 40.0 Å². The number of ether oxygens (including phenoxy) is 1. The number of thiazole rings is 1. The first-order valence-corrected chi connectivity index (χ1v) is 10.8. The highest BCUT2D eigenvalue weighted by molar-refractivity contribution is 14.0. The first-order chi connectivity index (χ1) is 14.4. The molecular formula is C22H31IN6OS. The second-order valence-electron chi connectivity index (χ2n) is 7.28. The summed E-state index contributed by atoms with van der Waals surface area (Å²) in [7, 11) is 5.51. The molecule has 7 nitrogen and oxygen atoms in total. The summed E-state index contributed by atoms with van der Waals surface area (Å²) in [5, 5.41) is 11.2. The number of benzene rings is 1. The predicted molar refractivity (Wildman–Crippen MR) is 138 cm³/mol. The van der Waals surface area contributed by atoms with Gasteiger partial charge in [-0.15, -0.1) is 35.3 Å². The Morgan fingerprint density at radius 1 is 1.32 bits per heavy atom. The molecule has 0 radical (unpaired) electrons. The molecule has 0 amide bonds. The van der Waals surface area contributed by atoms with Gasteiger partial charge in [-0.1, -0.05) is 18.2 Å². The average molecular weight is 555 g/mol. The molecule has 1 unspecified atom stereocenters. The standard InChI is InChI=1S/C22H30N6OS.HI/c1-15-11-16(2)28(26-15)20-10-8-7-9-18(20)12-24-22(23-4)27(5)13-19-14-30-21(25-19)17(3)29-6;/h7-11,14,17H,12-13H2,1-6H3,(H,23,24);1H. The van der Waals surface area contributed by atoms with E-state index in [1.54, 1.807) is 25.5 Å². The van der Waals surface area contributed by atoms with E-state index in [1.165, 1.54) is 0 Å². The first-order valence-electron chi connectivity index (χ1n) is 9.93. The molecule has 31 heavy (non-hydrogen) atoms. The molecule has 0 aliphatic carbocycles. The van der Waals surface area contributed by atoms with Crippen molar-refractivity contribution in [3.8, 4) is 5.69 Å². The number of aromatic nitrogens is 3. The number of methoxy groups -OCH3 is 1. The van der Waals surface area contributed by atoms with Gasteiger partial charge in [-0.3, -0.25) is 4.99 Å². The number of aryl methyl sites for hydroxylation is 2. The Bertz CT molecular complexity index is 1020. The number of nitrogens with one attached hydrogen (secondary N) is 1. The summed E-state index contributed by atoms with van der Waals surface area (Å²) in [6, 6.07) is 10.4. The van der Waals surface area contributed by atoms with E-state index in [2.05, 4.69) is 55.8 Å². The fourth-order valence-corrected chi connectivity index (χ4v) is 4.14. The first kappa shape index (κ1) is 25.3. The molecule has 1 N–H and O–H groups in total. The van der Waals surface area contributed by atoms with Crippen LogP contribution in [0, 0.1) is 13.8 Å². The van der Waals surface area contributed by atoms with E-state index in [9.17, 15) is 0 Å². The van der Waals surface area contributed by atoms with Gasteiger partial charge < -0.3 is 15.0 Å². The van der Waals surface area contributed by atoms with Crippen LogP contribution >= 0.6 is 35.3 Å². The van der Waals surface area contributed by atoms with Gasteiger partial charge in [-0.25, -0.2) is 9.67 Å². The van der Waals surface area contributed by atoms with Crippen molar-refractivity contribution in [1.82, 2.24) is 25.0 Å². The quantitative estimate of drug-likeness (QED) is 0.265. The number of hydrogen-bond acceptors (Lipinski definition) is 5. The molecule has 1 aromatic carbocycles. The van der Waals surface area contributed by atoms with Gasteiger partial charge in [0.25, 0.3) is 0 Å². The van der Waals surface area contributed by atoms with E-state index in [0.29, 0.717) is 13.1 Å². The second kappa shape index (κ2) is 11.6. The van der Waals surface area contributed by atoms with E-state index in [1.807, 2.05) is 37.7 Å². The summed E-state index contributed by atoms with van der Waals surface area (Å²) in [5.74, 6) is 0.813. The third-order valence-electron chi connectivity index (χ3n) is 4.91. The van der Waals surface area contributed by atoms with Crippen LogP contribution in [0.15, 0.2) is 40.7 Å². The average Bonchev–Trinajstić information content (AvgIpc) is 3.33. The van der Waals surface area contributed by atoms with Crippen LogP contribution < -0.4 is 5.32 Å². The molecule has 3 aromatic rings. The van der Waals surface area contributed by atoms with Crippen molar-refractivity contribution in [1.29, 1.82) is 0 Å². The molecular weight excluding hydrogens is 523 g/mol. The van der Waals surface area contributed by atoms with Crippen LogP contribution in [-0.4, -0.2) is 46.8 Å². The molecule has 0 aliphatic heterocycles. The highest BCUT2D eigenvalue weighted by atomic mass is 127. The number of halogens is 1. The number of nitrogens with zero attached hydrogens (tertiary/aromatic N) is 5. The molecule has 168 valence electrons. The van der Waals surface area contributed by atoms with Gasteiger partial charge in [-0.2, -0.15) is 5.10 Å². The summed E-state index contributed by atoms with van der Waals surface area (Å²) in [6.07, 6.45) is 0.0115. The van der Waals surface area contributed by atoms with Gasteiger partial charge in [0.15, 0.2) is 5.96 Å². The van der Waals surface area contributed by atoms with Crippen LogP contribution in [0.2, 0.25) is 0 Å². The molecule has 0 aliphatic rings. The zero-order valence-electron chi connectivity index (χ0n) is 18.9. The van der Waals surface area contributed by atoms with E-state index >= 15 is 0 Å². The summed E-state index contributed by atoms with van der Waals surface area (Å²) in [4.78, 5) is 11.2. The van der Waals surface area contributed by atoms with E-state index < -0.39 is 0 Å². The van der Waals surface area contributed by atoms with Crippen LogP contribution in [0.5, 0.6) is 0 Å². The zero-order chi connectivity index (χ0) is 21.7. The van der Waals surface area contributed by atoms with Crippen molar-refractivity contribution in [2.75, 3.05) is 21.2 Å². The van der Waals surface area contributed by atoms with Crippen molar-refractivity contribution < 1.29 is 4.74 Å². The van der Waals surface area contributed by atoms with Gasteiger partial charge in [0, 0.05) is 38.8 Å². The number of aliphatic imine (C=N–C) groups is 1. The largest absolute Gasteiger partial charge is 0.375 e. The van der Waals surface area contributed by atoms with Gasteiger partial charge in [0.05, 0.1) is 23.6 Å². The van der Waals surface area contributed by atoms with Crippen molar-refractivity contribution in [2.24, 2.45) is 4.99 Å². The summed E-state index contributed by atoms with van der Waals surface area (Å²) < 4.78 is 7.35. The maximum atomic E-state index is 5.36. The molecule has 0 bridgehead atoms. The highest BCUT2D eigenvalue weighted by Gasteiger charge is 2.14. The molecule has 0 saturated carbocycles. The Balaban J connectivity index is 0.00000341. The predicted octanol–water partition coefficient (Wildman–Crippen LogP) is 4.48. The van der Waals surface area contributed by atoms with E-state index in [4.69, 9.17) is 4.74 Å². The second-order valence-corrected chi connectivity index (χ2v) is 8.17. The molecule has 2 heterocycles. The van der Waals surface area contributed by atoms with Crippen LogP contribution in [-0.2, 0) is 17.8 Å². The lowest BCUT2D eigenvalue weighted by Crippen LogP contribution is -2.38. The maximum Gasteiger partial charge on any atom is 0.194 e. The Morgan fingerprint density at radius 3 is 2.71 bits per heavy atom. The van der Waals surface area contributed by atoms with Crippen molar-refractivity contribution in [3.63, 3.8) is 0 Å². The smallest absolute Gasteiger partial charge is 0.194 e. The van der Waals surface area contributed by atoms with Gasteiger partial charge >= 0.3 is 0 Å². The monoisotopic (exact) mass is 554 g/mol. The van der Waals surface area contributed by atoms with Crippen LogP contribution in [0.25, 0.3) is 5.69 Å². The van der Waals surface area contributed by atoms with Gasteiger partial charge in [0.2, 0.25) is 0 Å². The normalized spacial score (nSPS) is 12.4. The lowest BCUT2D eigenvalue weighted by molar-refractivity contribution is 0.119.